The number of aliphatic hydroxyl groups excluding tert-OH is 1. The Morgan fingerprint density at radius 1 is 0.796 bits per heavy atom. The molecule has 54 heavy (non-hydrogen) atoms. The molecule has 0 aromatic heterocycles. The van der Waals surface area contributed by atoms with Crippen LogP contribution in [0.25, 0.3) is 0 Å². The van der Waals surface area contributed by atoms with E-state index in [1.807, 2.05) is 0 Å². The zero-order valence-corrected chi connectivity index (χ0v) is 35.3. The van der Waals surface area contributed by atoms with Gasteiger partial charge in [-0.1, -0.05) is 122 Å². The van der Waals surface area contributed by atoms with Crippen LogP contribution in [0.1, 0.15) is 149 Å². The van der Waals surface area contributed by atoms with E-state index in [1.54, 1.807) is 7.11 Å². The molecule has 1 fully saturated rings. The smallest absolute Gasteiger partial charge is 0.382 e. The number of phosphoric acid groups is 1. The molecule has 1 aliphatic rings. The van der Waals surface area contributed by atoms with E-state index in [0.717, 1.165) is 51.4 Å². The SMILES string of the molecule is C=CCOP(=O)(OCC=C)OC1C(COC)OC(O)C(NC(=O)CCCCCCCCCC=CCCCCCC)C1OCC[C@@H](CCCCCCC)OC. The van der Waals surface area contributed by atoms with Crippen LogP contribution in [0.15, 0.2) is 37.5 Å². The molecule has 0 aromatic carbocycles. The van der Waals surface area contributed by atoms with Gasteiger partial charge in [0.15, 0.2) is 6.29 Å². The Kier molecular flexibility index (Phi) is 31.6. The number of amides is 1. The standard InChI is InChI=1S/C42H78NO10P/c1-7-11-13-15-16-17-18-19-20-21-22-23-24-26-28-30-38(44)43-39-41(49-34-31-36(48-6)29-27-25-14-12-8-2)40(37(35-47-5)52-42(39)45)53-54(46,50-32-9-3)51-33-10-4/h9-10,17-18,36-37,39-42,45H,3-4,7-8,11-16,19-35H2,1-2,5-6H3,(H,43,44)/t36-,37?,39?,40?,41?,42?/m1/s1. The van der Waals surface area contributed by atoms with E-state index < -0.39 is 38.5 Å². The van der Waals surface area contributed by atoms with Crippen LogP contribution in [0.5, 0.6) is 0 Å². The van der Waals surface area contributed by atoms with E-state index in [-0.39, 0.29) is 38.4 Å². The van der Waals surface area contributed by atoms with Gasteiger partial charge in [0.2, 0.25) is 5.91 Å². The summed E-state index contributed by atoms with van der Waals surface area (Å²) in [6.07, 6.45) is 25.7. The maximum Gasteiger partial charge on any atom is 0.475 e. The largest absolute Gasteiger partial charge is 0.475 e. The first kappa shape index (κ1) is 50.6. The predicted octanol–water partition coefficient (Wildman–Crippen LogP) is 9.92. The third kappa shape index (κ3) is 23.6. The summed E-state index contributed by atoms with van der Waals surface area (Å²) in [6.45, 7) is 11.7. The average molecular weight is 788 g/mol. The highest BCUT2D eigenvalue weighted by molar-refractivity contribution is 7.48. The molecule has 5 unspecified atom stereocenters. The molecule has 0 bridgehead atoms. The molecule has 1 amide bonds. The van der Waals surface area contributed by atoms with E-state index in [9.17, 15) is 14.5 Å². The molecule has 0 aliphatic carbocycles. The van der Waals surface area contributed by atoms with Gasteiger partial charge >= 0.3 is 7.82 Å². The predicted molar refractivity (Wildman–Crippen MR) is 217 cm³/mol. The number of unbranched alkanes of at least 4 members (excludes halogenated alkanes) is 15. The van der Waals surface area contributed by atoms with Crippen molar-refractivity contribution in [1.29, 1.82) is 0 Å². The average Bonchev–Trinajstić information content (AvgIpc) is 3.16. The summed E-state index contributed by atoms with van der Waals surface area (Å²) >= 11 is 0. The van der Waals surface area contributed by atoms with Gasteiger partial charge in [-0.25, -0.2) is 4.57 Å². The molecular weight excluding hydrogens is 709 g/mol. The van der Waals surface area contributed by atoms with Crippen molar-refractivity contribution in [3.63, 3.8) is 0 Å². The van der Waals surface area contributed by atoms with Crippen LogP contribution >= 0.6 is 7.82 Å². The molecule has 0 aromatic rings. The third-order valence-electron chi connectivity index (χ3n) is 9.65. The molecule has 12 heteroatoms. The van der Waals surface area contributed by atoms with Gasteiger partial charge in [0.25, 0.3) is 0 Å². The van der Waals surface area contributed by atoms with Gasteiger partial charge in [0.1, 0.15) is 24.4 Å². The maximum absolute atomic E-state index is 13.8. The van der Waals surface area contributed by atoms with Crippen molar-refractivity contribution in [3.05, 3.63) is 37.5 Å². The van der Waals surface area contributed by atoms with Crippen molar-refractivity contribution >= 4 is 13.7 Å². The molecule has 2 N–H and O–H groups in total. The number of rotatable bonds is 37. The van der Waals surface area contributed by atoms with E-state index in [1.165, 1.54) is 89.9 Å². The number of aliphatic hydroxyl groups is 1. The Morgan fingerprint density at radius 3 is 1.93 bits per heavy atom. The fourth-order valence-electron chi connectivity index (χ4n) is 6.54. The normalized spacial score (nSPS) is 21.0. The molecule has 0 radical (unpaired) electrons. The molecule has 1 saturated heterocycles. The first-order valence-corrected chi connectivity index (χ1v) is 22.5. The summed E-state index contributed by atoms with van der Waals surface area (Å²) in [4.78, 5) is 13.3. The van der Waals surface area contributed by atoms with Gasteiger partial charge in [-0.3, -0.25) is 18.4 Å². The molecular formula is C42H78NO10P. The van der Waals surface area contributed by atoms with Crippen molar-refractivity contribution in [3.8, 4) is 0 Å². The van der Waals surface area contributed by atoms with Crippen LogP contribution in [0.2, 0.25) is 0 Å². The Morgan fingerprint density at radius 2 is 1.35 bits per heavy atom. The number of hydrogen-bond donors (Lipinski definition) is 2. The Hall–Kier alpha value is -1.40. The number of methoxy groups -OCH3 is 2. The van der Waals surface area contributed by atoms with E-state index in [0.29, 0.717) is 12.8 Å². The molecule has 1 rings (SSSR count). The van der Waals surface area contributed by atoms with Crippen LogP contribution in [0.3, 0.4) is 0 Å². The summed E-state index contributed by atoms with van der Waals surface area (Å²) in [5.41, 5.74) is 0. The summed E-state index contributed by atoms with van der Waals surface area (Å²) < 4.78 is 54.4. The van der Waals surface area contributed by atoms with Gasteiger partial charge in [0, 0.05) is 27.2 Å². The van der Waals surface area contributed by atoms with Crippen molar-refractivity contribution in [2.24, 2.45) is 0 Å². The minimum atomic E-state index is -4.21. The number of phosphoric ester groups is 1. The van der Waals surface area contributed by atoms with E-state index in [2.05, 4.69) is 44.5 Å². The minimum absolute atomic E-state index is 0.0144. The number of allylic oxidation sites excluding steroid dienone is 2. The Balaban J connectivity index is 2.86. The lowest BCUT2D eigenvalue weighted by atomic mass is 9.96. The van der Waals surface area contributed by atoms with E-state index in [4.69, 9.17) is 32.5 Å². The number of hydrogen-bond acceptors (Lipinski definition) is 10. The highest BCUT2D eigenvalue weighted by Gasteiger charge is 2.51. The maximum atomic E-state index is 13.8. The summed E-state index contributed by atoms with van der Waals surface area (Å²) in [5, 5.41) is 14.2. The van der Waals surface area contributed by atoms with Crippen molar-refractivity contribution in [2.45, 2.75) is 185 Å². The highest BCUT2D eigenvalue weighted by atomic mass is 31.2. The summed E-state index contributed by atoms with van der Waals surface area (Å²) in [7, 11) is -1.03. The Labute approximate surface area is 328 Å². The fourth-order valence-corrected chi connectivity index (χ4v) is 7.86. The molecule has 11 nitrogen and oxygen atoms in total. The minimum Gasteiger partial charge on any atom is -0.382 e. The second-order valence-electron chi connectivity index (χ2n) is 14.3. The van der Waals surface area contributed by atoms with Crippen LogP contribution in [-0.2, 0) is 41.9 Å². The van der Waals surface area contributed by atoms with Crippen LogP contribution in [0, 0.1) is 0 Å². The molecule has 6 atom stereocenters. The number of carbonyl (C=O) groups excluding carboxylic acids is 1. The van der Waals surface area contributed by atoms with Crippen molar-refractivity contribution in [1.82, 2.24) is 5.32 Å². The van der Waals surface area contributed by atoms with Crippen LogP contribution < -0.4 is 5.32 Å². The zero-order valence-electron chi connectivity index (χ0n) is 34.4. The Bertz CT molecular complexity index is 998. The van der Waals surface area contributed by atoms with Crippen LogP contribution in [0.4, 0.5) is 0 Å². The lowest BCUT2D eigenvalue weighted by Gasteiger charge is -2.45. The first-order chi connectivity index (χ1) is 26.3. The van der Waals surface area contributed by atoms with Gasteiger partial charge in [0.05, 0.1) is 25.9 Å². The highest BCUT2D eigenvalue weighted by Crippen LogP contribution is 2.52. The quantitative estimate of drug-likeness (QED) is 0.0356. The molecule has 316 valence electrons. The number of ether oxygens (including phenoxy) is 4. The monoisotopic (exact) mass is 788 g/mol. The van der Waals surface area contributed by atoms with E-state index >= 15 is 0 Å². The lowest BCUT2D eigenvalue weighted by molar-refractivity contribution is -0.261. The van der Waals surface area contributed by atoms with Crippen LogP contribution in [-0.4, -0.2) is 88.4 Å². The summed E-state index contributed by atoms with van der Waals surface area (Å²) in [5.74, 6) is -0.238. The van der Waals surface area contributed by atoms with Gasteiger partial charge in [-0.05, 0) is 44.9 Å². The fraction of sp³-hybridized carbons (Fsp3) is 0.833. The summed E-state index contributed by atoms with van der Waals surface area (Å²) in [6, 6.07) is -1.02. The topological polar surface area (TPSA) is 131 Å². The second-order valence-corrected chi connectivity index (χ2v) is 15.9. The van der Waals surface area contributed by atoms with Crippen molar-refractivity contribution in [2.75, 3.05) is 40.6 Å². The van der Waals surface area contributed by atoms with Gasteiger partial charge in [-0.2, -0.15) is 0 Å². The third-order valence-corrected chi connectivity index (χ3v) is 11.1. The molecule has 1 heterocycles. The first-order valence-electron chi connectivity index (χ1n) is 21.0. The molecule has 1 aliphatic heterocycles. The number of nitrogens with one attached hydrogen (secondary N) is 1. The zero-order chi connectivity index (χ0) is 39.7. The van der Waals surface area contributed by atoms with Gasteiger partial charge < -0.3 is 29.4 Å². The van der Waals surface area contributed by atoms with Gasteiger partial charge in [-0.15, -0.1) is 13.2 Å². The second kappa shape index (κ2) is 33.7. The van der Waals surface area contributed by atoms with Crippen molar-refractivity contribution < 1.29 is 47.0 Å². The lowest BCUT2D eigenvalue weighted by Crippen LogP contribution is -2.65. The molecule has 0 spiro atoms. The molecule has 0 saturated carbocycles. The number of carbonyl (C=O) groups is 1.